The van der Waals surface area contributed by atoms with Crippen molar-refractivity contribution in [1.29, 1.82) is 0 Å². The van der Waals surface area contributed by atoms with Crippen LogP contribution in [0, 0.1) is 5.92 Å². The molecule has 2 aromatic carbocycles. The first kappa shape index (κ1) is 21.0. The van der Waals surface area contributed by atoms with E-state index in [1.165, 1.54) is 0 Å². The maximum absolute atomic E-state index is 13.1. The van der Waals surface area contributed by atoms with Gasteiger partial charge in [-0.1, -0.05) is 0 Å². The largest absolute Gasteiger partial charge is 0.497 e. The van der Waals surface area contributed by atoms with Crippen LogP contribution in [0.2, 0.25) is 0 Å². The Bertz CT molecular complexity index is 829. The van der Waals surface area contributed by atoms with Gasteiger partial charge in [0, 0.05) is 30.6 Å². The zero-order valence-corrected chi connectivity index (χ0v) is 17.6. The van der Waals surface area contributed by atoms with Crippen LogP contribution >= 0.6 is 0 Å². The molecule has 1 heterocycles. The molecule has 0 N–H and O–H groups in total. The number of hydrogen-bond donors (Lipinski definition) is 0. The lowest BCUT2D eigenvalue weighted by Gasteiger charge is -2.32. The summed E-state index contributed by atoms with van der Waals surface area (Å²) >= 11 is 0. The first-order valence-corrected chi connectivity index (χ1v) is 9.78. The van der Waals surface area contributed by atoms with Gasteiger partial charge in [-0.2, -0.15) is 0 Å². The van der Waals surface area contributed by atoms with Gasteiger partial charge in [-0.25, -0.2) is 0 Å². The maximum atomic E-state index is 13.1. The van der Waals surface area contributed by atoms with E-state index in [0.29, 0.717) is 17.1 Å². The number of nitrogens with zero attached hydrogens (tertiary/aromatic N) is 1. The standard InChI is InChI=1S/C23H29NO5/c1-26-19-10-16(11-20(13-19)27-2)14-24-9-5-6-18(15-24)23(25)17-7-8-21(28-3)22(12-17)29-4/h7-8,10-13,18H,5-6,9,14-15H2,1-4H3/t18-/m0/s1. The number of carbonyl (C=O) groups excluding carboxylic acids is 1. The van der Waals surface area contributed by atoms with E-state index in [1.54, 1.807) is 40.6 Å². The van der Waals surface area contributed by atoms with Crippen LogP contribution in [0.25, 0.3) is 0 Å². The fraction of sp³-hybridized carbons (Fsp3) is 0.435. The summed E-state index contributed by atoms with van der Waals surface area (Å²) in [4.78, 5) is 15.4. The van der Waals surface area contributed by atoms with Crippen LogP contribution < -0.4 is 18.9 Å². The SMILES string of the molecule is COc1cc(CN2CCC[C@H](C(=O)c3ccc(OC)c(OC)c3)C2)cc(OC)c1. The summed E-state index contributed by atoms with van der Waals surface area (Å²) in [7, 11) is 6.47. The molecule has 29 heavy (non-hydrogen) atoms. The third kappa shape index (κ3) is 5.01. The normalized spacial score (nSPS) is 16.9. The maximum Gasteiger partial charge on any atom is 0.167 e. The molecule has 2 aromatic rings. The van der Waals surface area contributed by atoms with Gasteiger partial charge in [0.05, 0.1) is 28.4 Å². The number of benzene rings is 2. The third-order valence-electron chi connectivity index (χ3n) is 5.36. The minimum atomic E-state index is -0.0330. The molecule has 156 valence electrons. The molecule has 0 saturated carbocycles. The predicted molar refractivity (Wildman–Crippen MR) is 111 cm³/mol. The van der Waals surface area contributed by atoms with Crippen LogP contribution in [0.1, 0.15) is 28.8 Å². The van der Waals surface area contributed by atoms with Crippen molar-refractivity contribution in [3.63, 3.8) is 0 Å². The Morgan fingerprint density at radius 3 is 2.24 bits per heavy atom. The zero-order chi connectivity index (χ0) is 20.8. The number of rotatable bonds is 8. The Kier molecular flexibility index (Phi) is 6.99. The van der Waals surface area contributed by atoms with Crippen molar-refractivity contribution in [3.8, 4) is 23.0 Å². The summed E-state index contributed by atoms with van der Waals surface area (Å²) in [5.74, 6) is 2.87. The van der Waals surface area contributed by atoms with Crippen molar-refractivity contribution >= 4 is 5.78 Å². The number of Topliss-reactive ketones (excluding diaryl/α,β-unsaturated/α-hetero) is 1. The predicted octanol–water partition coefficient (Wildman–Crippen LogP) is 3.82. The molecule has 1 saturated heterocycles. The van der Waals surface area contributed by atoms with Gasteiger partial charge >= 0.3 is 0 Å². The molecular weight excluding hydrogens is 370 g/mol. The minimum Gasteiger partial charge on any atom is -0.497 e. The van der Waals surface area contributed by atoms with Gasteiger partial charge in [-0.05, 0) is 55.3 Å². The number of piperidine rings is 1. The van der Waals surface area contributed by atoms with Crippen LogP contribution in [0.4, 0.5) is 0 Å². The van der Waals surface area contributed by atoms with E-state index in [2.05, 4.69) is 4.90 Å². The van der Waals surface area contributed by atoms with Crippen LogP contribution in [0.5, 0.6) is 23.0 Å². The number of ether oxygens (including phenoxy) is 4. The van der Waals surface area contributed by atoms with Gasteiger partial charge in [0.2, 0.25) is 0 Å². The van der Waals surface area contributed by atoms with Gasteiger partial charge < -0.3 is 18.9 Å². The van der Waals surface area contributed by atoms with Gasteiger partial charge in [0.1, 0.15) is 11.5 Å². The molecule has 0 aromatic heterocycles. The minimum absolute atomic E-state index is 0.0330. The Morgan fingerprint density at radius 2 is 1.62 bits per heavy atom. The second kappa shape index (κ2) is 9.65. The first-order chi connectivity index (χ1) is 14.1. The monoisotopic (exact) mass is 399 g/mol. The van der Waals surface area contributed by atoms with Crippen molar-refractivity contribution in [3.05, 3.63) is 47.5 Å². The van der Waals surface area contributed by atoms with E-state index in [-0.39, 0.29) is 11.7 Å². The summed E-state index contributed by atoms with van der Waals surface area (Å²) in [6, 6.07) is 11.3. The van der Waals surface area contributed by atoms with E-state index in [0.717, 1.165) is 49.5 Å². The lowest BCUT2D eigenvalue weighted by molar-refractivity contribution is 0.0811. The highest BCUT2D eigenvalue weighted by Gasteiger charge is 2.27. The van der Waals surface area contributed by atoms with E-state index >= 15 is 0 Å². The number of carbonyl (C=O) groups is 1. The molecule has 0 spiro atoms. The molecular formula is C23H29NO5. The fourth-order valence-electron chi connectivity index (χ4n) is 3.85. The van der Waals surface area contributed by atoms with Crippen molar-refractivity contribution in [2.75, 3.05) is 41.5 Å². The molecule has 6 nitrogen and oxygen atoms in total. The van der Waals surface area contributed by atoms with Crippen molar-refractivity contribution in [2.24, 2.45) is 5.92 Å². The molecule has 0 radical (unpaired) electrons. The van der Waals surface area contributed by atoms with Gasteiger partial charge in [0.25, 0.3) is 0 Å². The third-order valence-corrected chi connectivity index (χ3v) is 5.36. The molecule has 1 atom stereocenters. The second-order valence-electron chi connectivity index (χ2n) is 7.23. The highest BCUT2D eigenvalue weighted by atomic mass is 16.5. The molecule has 6 heteroatoms. The molecule has 1 aliphatic rings. The first-order valence-electron chi connectivity index (χ1n) is 9.78. The highest BCUT2D eigenvalue weighted by Crippen LogP contribution is 2.31. The summed E-state index contributed by atoms with van der Waals surface area (Å²) in [5.41, 5.74) is 1.78. The van der Waals surface area contributed by atoms with E-state index in [9.17, 15) is 4.79 Å². The Morgan fingerprint density at radius 1 is 0.931 bits per heavy atom. The van der Waals surface area contributed by atoms with Crippen LogP contribution in [-0.2, 0) is 6.54 Å². The van der Waals surface area contributed by atoms with Crippen LogP contribution in [0.3, 0.4) is 0 Å². The molecule has 3 rings (SSSR count). The number of methoxy groups -OCH3 is 4. The van der Waals surface area contributed by atoms with Gasteiger partial charge in [-0.15, -0.1) is 0 Å². The number of ketones is 1. The topological polar surface area (TPSA) is 57.2 Å². The van der Waals surface area contributed by atoms with Crippen LogP contribution in [-0.4, -0.2) is 52.2 Å². The van der Waals surface area contributed by atoms with Crippen LogP contribution in [0.15, 0.2) is 36.4 Å². The van der Waals surface area contributed by atoms with Crippen molar-refractivity contribution in [1.82, 2.24) is 4.90 Å². The lowest BCUT2D eigenvalue weighted by atomic mass is 9.89. The smallest absolute Gasteiger partial charge is 0.167 e. The number of hydrogen-bond acceptors (Lipinski definition) is 6. The van der Waals surface area contributed by atoms with E-state index in [1.807, 2.05) is 24.3 Å². The fourth-order valence-corrected chi connectivity index (χ4v) is 3.85. The van der Waals surface area contributed by atoms with E-state index in [4.69, 9.17) is 18.9 Å². The molecule has 1 aliphatic heterocycles. The molecule has 0 aliphatic carbocycles. The quantitative estimate of drug-likeness (QED) is 0.629. The molecule has 1 fully saturated rings. The summed E-state index contributed by atoms with van der Waals surface area (Å²) in [6.07, 6.45) is 1.88. The average Bonchev–Trinajstić information content (AvgIpc) is 2.77. The van der Waals surface area contributed by atoms with Crippen molar-refractivity contribution < 1.29 is 23.7 Å². The van der Waals surface area contributed by atoms with Gasteiger partial charge in [0.15, 0.2) is 17.3 Å². The number of likely N-dealkylation sites (tertiary alicyclic amines) is 1. The summed E-state index contributed by atoms with van der Waals surface area (Å²) in [5, 5.41) is 0. The summed E-state index contributed by atoms with van der Waals surface area (Å²) in [6.45, 7) is 2.45. The zero-order valence-electron chi connectivity index (χ0n) is 17.6. The average molecular weight is 399 g/mol. The molecule has 0 amide bonds. The Balaban J connectivity index is 1.71. The Labute approximate surface area is 172 Å². The molecule has 0 bridgehead atoms. The van der Waals surface area contributed by atoms with E-state index < -0.39 is 0 Å². The van der Waals surface area contributed by atoms with Gasteiger partial charge in [-0.3, -0.25) is 9.69 Å². The second-order valence-corrected chi connectivity index (χ2v) is 7.23. The Hall–Kier alpha value is -2.73. The molecule has 0 unspecified atom stereocenters. The lowest BCUT2D eigenvalue weighted by Crippen LogP contribution is -2.38. The summed E-state index contributed by atoms with van der Waals surface area (Å²) < 4.78 is 21.4. The van der Waals surface area contributed by atoms with Crippen molar-refractivity contribution in [2.45, 2.75) is 19.4 Å². The highest BCUT2D eigenvalue weighted by molar-refractivity contribution is 5.98.